The van der Waals surface area contributed by atoms with Crippen molar-refractivity contribution in [1.29, 1.82) is 0 Å². The SMILES string of the molecule is O=C1CNCCN1C1CN(CN2CC(Oc3ccc(Cl)cc3)C2)N=C1c1ccc(Cl)cc1. The molecule has 0 bridgehead atoms. The molecule has 7 nitrogen and oxygen atoms in total. The van der Waals surface area contributed by atoms with E-state index in [2.05, 4.69) is 15.2 Å². The molecule has 1 amide bonds. The van der Waals surface area contributed by atoms with Crippen LogP contribution in [-0.4, -0.2) is 84.5 Å². The lowest BCUT2D eigenvalue weighted by Crippen LogP contribution is -2.58. The van der Waals surface area contributed by atoms with E-state index in [0.29, 0.717) is 36.3 Å². The van der Waals surface area contributed by atoms with Crippen LogP contribution in [0.15, 0.2) is 53.6 Å². The van der Waals surface area contributed by atoms with Crippen molar-refractivity contribution in [2.75, 3.05) is 45.9 Å². The van der Waals surface area contributed by atoms with E-state index in [1.807, 2.05) is 53.4 Å². The van der Waals surface area contributed by atoms with Gasteiger partial charge in [-0.2, -0.15) is 5.10 Å². The van der Waals surface area contributed by atoms with Gasteiger partial charge in [-0.15, -0.1) is 0 Å². The van der Waals surface area contributed by atoms with E-state index in [1.165, 1.54) is 0 Å². The molecule has 3 aliphatic rings. The van der Waals surface area contributed by atoms with Crippen molar-refractivity contribution < 1.29 is 9.53 Å². The van der Waals surface area contributed by atoms with Crippen molar-refractivity contribution in [3.05, 3.63) is 64.1 Å². The van der Waals surface area contributed by atoms with Crippen LogP contribution in [0.2, 0.25) is 10.0 Å². The third-order valence-corrected chi connectivity index (χ3v) is 6.50. The summed E-state index contributed by atoms with van der Waals surface area (Å²) in [4.78, 5) is 16.8. The Morgan fingerprint density at radius 1 is 1.00 bits per heavy atom. The number of hydrogen-bond donors (Lipinski definition) is 1. The number of hydrogen-bond acceptors (Lipinski definition) is 6. The van der Waals surface area contributed by atoms with Gasteiger partial charge in [0.2, 0.25) is 5.91 Å². The summed E-state index contributed by atoms with van der Waals surface area (Å²) in [5, 5.41) is 11.5. The fraction of sp³-hybridized carbons (Fsp3) is 0.391. The van der Waals surface area contributed by atoms with Crippen LogP contribution in [0.25, 0.3) is 0 Å². The smallest absolute Gasteiger partial charge is 0.237 e. The molecule has 3 aliphatic heterocycles. The van der Waals surface area contributed by atoms with Crippen LogP contribution in [0.5, 0.6) is 5.75 Å². The summed E-state index contributed by atoms with van der Waals surface area (Å²) in [6.45, 7) is 4.92. The minimum absolute atomic E-state index is 0.0619. The average molecular weight is 474 g/mol. The molecule has 0 radical (unpaired) electrons. The largest absolute Gasteiger partial charge is 0.488 e. The van der Waals surface area contributed by atoms with Gasteiger partial charge in [-0.1, -0.05) is 35.3 Å². The van der Waals surface area contributed by atoms with Crippen molar-refractivity contribution in [3.8, 4) is 5.75 Å². The van der Waals surface area contributed by atoms with Gasteiger partial charge >= 0.3 is 0 Å². The number of benzene rings is 2. The Balaban J connectivity index is 1.24. The molecule has 9 heteroatoms. The number of amides is 1. The van der Waals surface area contributed by atoms with Crippen molar-refractivity contribution in [2.45, 2.75) is 12.1 Å². The second-order valence-electron chi connectivity index (χ2n) is 8.33. The second-order valence-corrected chi connectivity index (χ2v) is 9.20. The Bertz CT molecular complexity index is 992. The zero-order valence-electron chi connectivity index (χ0n) is 17.6. The zero-order chi connectivity index (χ0) is 22.1. The minimum atomic E-state index is -0.0619. The summed E-state index contributed by atoms with van der Waals surface area (Å²) in [5.74, 6) is 0.950. The number of piperazine rings is 1. The number of carbonyl (C=O) groups excluding carboxylic acids is 1. The van der Waals surface area contributed by atoms with Gasteiger partial charge in [-0.3, -0.25) is 14.7 Å². The first kappa shape index (κ1) is 21.5. The van der Waals surface area contributed by atoms with E-state index < -0.39 is 0 Å². The molecule has 1 atom stereocenters. The van der Waals surface area contributed by atoms with Gasteiger partial charge < -0.3 is 15.0 Å². The first-order valence-electron chi connectivity index (χ1n) is 10.8. The molecular weight excluding hydrogens is 449 g/mol. The molecule has 2 aromatic rings. The number of halogens is 2. The number of nitrogens with zero attached hydrogens (tertiary/aromatic N) is 4. The lowest BCUT2D eigenvalue weighted by Gasteiger charge is -2.40. The maximum atomic E-state index is 12.6. The molecule has 3 heterocycles. The van der Waals surface area contributed by atoms with Gasteiger partial charge in [-0.05, 0) is 36.4 Å². The molecular formula is C23H25Cl2N5O2. The minimum Gasteiger partial charge on any atom is -0.488 e. The molecule has 2 aromatic carbocycles. The van der Waals surface area contributed by atoms with Gasteiger partial charge in [-0.25, -0.2) is 0 Å². The van der Waals surface area contributed by atoms with Gasteiger partial charge in [0, 0.05) is 41.8 Å². The van der Waals surface area contributed by atoms with Gasteiger partial charge in [0.25, 0.3) is 0 Å². The summed E-state index contributed by atoms with van der Waals surface area (Å²) >= 11 is 12.0. The number of nitrogens with one attached hydrogen (secondary N) is 1. The summed E-state index contributed by atoms with van der Waals surface area (Å²) in [5.41, 5.74) is 1.92. The lowest BCUT2D eigenvalue weighted by atomic mass is 10.0. The van der Waals surface area contributed by atoms with Crippen LogP contribution >= 0.6 is 23.2 Å². The Morgan fingerprint density at radius 2 is 1.69 bits per heavy atom. The Kier molecular flexibility index (Phi) is 6.24. The lowest BCUT2D eigenvalue weighted by molar-refractivity contribution is -0.133. The molecule has 32 heavy (non-hydrogen) atoms. The molecule has 1 unspecified atom stereocenters. The van der Waals surface area contributed by atoms with Crippen molar-refractivity contribution in [3.63, 3.8) is 0 Å². The average Bonchev–Trinajstić information content (AvgIpc) is 3.18. The van der Waals surface area contributed by atoms with Gasteiger partial charge in [0.15, 0.2) is 0 Å². The Labute approximate surface area is 197 Å². The van der Waals surface area contributed by atoms with Crippen LogP contribution in [0.3, 0.4) is 0 Å². The fourth-order valence-corrected chi connectivity index (χ4v) is 4.60. The fourth-order valence-electron chi connectivity index (χ4n) is 4.35. The number of ether oxygens (including phenoxy) is 1. The van der Waals surface area contributed by atoms with E-state index in [9.17, 15) is 4.79 Å². The highest BCUT2D eigenvalue weighted by Crippen LogP contribution is 2.24. The molecule has 5 rings (SSSR count). The first-order chi connectivity index (χ1) is 15.5. The monoisotopic (exact) mass is 473 g/mol. The van der Waals surface area contributed by atoms with Crippen LogP contribution < -0.4 is 10.1 Å². The van der Waals surface area contributed by atoms with E-state index in [4.69, 9.17) is 33.0 Å². The van der Waals surface area contributed by atoms with Crippen molar-refractivity contribution >= 4 is 34.8 Å². The maximum absolute atomic E-state index is 12.6. The second kappa shape index (κ2) is 9.27. The molecule has 2 saturated heterocycles. The third-order valence-electron chi connectivity index (χ3n) is 5.99. The summed E-state index contributed by atoms with van der Waals surface area (Å²) in [6, 6.07) is 15.1. The van der Waals surface area contributed by atoms with E-state index >= 15 is 0 Å². The normalized spacial score (nSPS) is 22.1. The van der Waals surface area contributed by atoms with Crippen LogP contribution in [0.4, 0.5) is 0 Å². The number of rotatable bonds is 6. The summed E-state index contributed by atoms with van der Waals surface area (Å²) in [6.07, 6.45) is 0.157. The topological polar surface area (TPSA) is 60.4 Å². The van der Waals surface area contributed by atoms with Crippen LogP contribution in [0, 0.1) is 0 Å². The maximum Gasteiger partial charge on any atom is 0.237 e. The van der Waals surface area contributed by atoms with Crippen LogP contribution in [0.1, 0.15) is 5.56 Å². The number of likely N-dealkylation sites (tertiary alicyclic amines) is 1. The van der Waals surface area contributed by atoms with E-state index in [1.54, 1.807) is 0 Å². The Morgan fingerprint density at radius 3 is 2.38 bits per heavy atom. The van der Waals surface area contributed by atoms with E-state index in [0.717, 1.165) is 36.7 Å². The summed E-state index contributed by atoms with van der Waals surface area (Å²) < 4.78 is 6.01. The number of hydrazone groups is 1. The zero-order valence-corrected chi connectivity index (χ0v) is 19.1. The molecule has 0 saturated carbocycles. The standard InChI is InChI=1S/C23H25Cl2N5O2/c24-17-3-1-16(2-4-17)23-21(30-10-9-26-11-22(30)31)14-29(27-23)15-28-12-20(13-28)32-19-7-5-18(25)6-8-19/h1-8,20-21,26H,9-15H2. The highest BCUT2D eigenvalue weighted by molar-refractivity contribution is 6.31. The summed E-state index contributed by atoms with van der Waals surface area (Å²) in [7, 11) is 0. The molecule has 1 N–H and O–H groups in total. The highest BCUT2D eigenvalue weighted by atomic mass is 35.5. The highest BCUT2D eigenvalue weighted by Gasteiger charge is 2.38. The quantitative estimate of drug-likeness (QED) is 0.698. The van der Waals surface area contributed by atoms with Gasteiger partial charge in [0.05, 0.1) is 31.5 Å². The predicted molar refractivity (Wildman–Crippen MR) is 125 cm³/mol. The van der Waals surface area contributed by atoms with Crippen molar-refractivity contribution in [2.24, 2.45) is 5.10 Å². The van der Waals surface area contributed by atoms with E-state index in [-0.39, 0.29) is 18.1 Å². The van der Waals surface area contributed by atoms with Crippen LogP contribution in [-0.2, 0) is 4.79 Å². The molecule has 0 aliphatic carbocycles. The third kappa shape index (κ3) is 4.71. The predicted octanol–water partition coefficient (Wildman–Crippen LogP) is 2.53. The molecule has 2 fully saturated rings. The van der Waals surface area contributed by atoms with Crippen molar-refractivity contribution in [1.82, 2.24) is 20.1 Å². The first-order valence-corrected chi connectivity index (χ1v) is 11.5. The van der Waals surface area contributed by atoms with Gasteiger partial charge in [0.1, 0.15) is 11.9 Å². The molecule has 0 spiro atoms. The molecule has 168 valence electrons. The Hall–Kier alpha value is -2.32. The number of carbonyl (C=O) groups is 1. The molecule has 0 aromatic heterocycles.